The van der Waals surface area contributed by atoms with Gasteiger partial charge in [-0.1, -0.05) is 18.2 Å². The fourth-order valence-electron chi connectivity index (χ4n) is 2.09. The Labute approximate surface area is 165 Å². The summed E-state index contributed by atoms with van der Waals surface area (Å²) in [6.45, 7) is 0.863. The molecule has 2 amide bonds. The lowest BCUT2D eigenvalue weighted by Crippen LogP contribution is -2.34. The van der Waals surface area contributed by atoms with Crippen LogP contribution in [0.4, 0.5) is 5.69 Å². The third-order valence-electron chi connectivity index (χ3n) is 3.32. The van der Waals surface area contributed by atoms with E-state index in [0.29, 0.717) is 34.4 Å². The number of anilines is 1. The molecule has 0 radical (unpaired) electrons. The topological polar surface area (TPSA) is 79.5 Å². The van der Waals surface area contributed by atoms with Crippen LogP contribution in [0.15, 0.2) is 53.0 Å². The van der Waals surface area contributed by atoms with Gasteiger partial charge in [0.25, 0.3) is 11.8 Å². The Hall–Kier alpha value is -2.29. The predicted molar refractivity (Wildman–Crippen MR) is 108 cm³/mol. The number of benzene rings is 2. The number of rotatable bonds is 6. The molecule has 0 spiro atoms. The van der Waals surface area contributed by atoms with Crippen LogP contribution in [0.3, 0.4) is 0 Å². The summed E-state index contributed by atoms with van der Waals surface area (Å²) in [4.78, 5) is 24.3. The first-order valence-electron chi connectivity index (χ1n) is 7.75. The average molecular weight is 436 g/mol. The largest absolute Gasteiger partial charge is 0.383 e. The molecule has 3 N–H and O–H groups in total. The monoisotopic (exact) mass is 435 g/mol. The first kappa shape index (κ1) is 20.0. The zero-order valence-electron chi connectivity index (χ0n) is 14.0. The number of hydrogen-bond acceptors (Lipinski definition) is 4. The molecule has 8 heteroatoms. The molecule has 2 aromatic rings. The van der Waals surface area contributed by atoms with E-state index in [-0.39, 0.29) is 16.9 Å². The van der Waals surface area contributed by atoms with Crippen LogP contribution in [0.5, 0.6) is 0 Å². The molecule has 0 aliphatic rings. The van der Waals surface area contributed by atoms with Crippen molar-refractivity contribution < 1.29 is 14.3 Å². The molecule has 26 heavy (non-hydrogen) atoms. The second-order valence-electron chi connectivity index (χ2n) is 5.22. The Balaban J connectivity index is 1.96. The summed E-state index contributed by atoms with van der Waals surface area (Å²) >= 11 is 8.50. The summed E-state index contributed by atoms with van der Waals surface area (Å²) in [6, 6.07) is 13.9. The summed E-state index contributed by atoms with van der Waals surface area (Å²) in [6.07, 6.45) is 0. The maximum Gasteiger partial charge on any atom is 0.258 e. The molecule has 0 bridgehead atoms. The number of carbonyl (C=O) groups is 2. The summed E-state index contributed by atoms with van der Waals surface area (Å²) < 4.78 is 5.57. The minimum absolute atomic E-state index is 0.141. The predicted octanol–water partition coefficient (Wildman–Crippen LogP) is 2.95. The third kappa shape index (κ3) is 5.91. The number of methoxy groups -OCH3 is 1. The van der Waals surface area contributed by atoms with Gasteiger partial charge in [-0.15, -0.1) is 0 Å². The quantitative estimate of drug-likeness (QED) is 0.480. The Bertz CT molecular complexity index is 814. The number of hydrogen-bond donors (Lipinski definition) is 3. The van der Waals surface area contributed by atoms with Gasteiger partial charge in [0.1, 0.15) is 0 Å². The van der Waals surface area contributed by atoms with E-state index < -0.39 is 0 Å². The smallest absolute Gasteiger partial charge is 0.258 e. The van der Waals surface area contributed by atoms with Gasteiger partial charge in [-0.05, 0) is 58.5 Å². The minimum atomic E-state index is -0.330. The number of nitrogens with one attached hydrogen (secondary N) is 3. The van der Waals surface area contributed by atoms with Crippen LogP contribution < -0.4 is 16.0 Å². The lowest BCUT2D eigenvalue weighted by atomic mass is 10.2. The molecule has 0 aliphatic carbocycles. The first-order chi connectivity index (χ1) is 12.5. The summed E-state index contributed by atoms with van der Waals surface area (Å²) in [7, 11) is 1.57. The highest BCUT2D eigenvalue weighted by Gasteiger charge is 2.11. The Morgan fingerprint density at radius 3 is 2.62 bits per heavy atom. The van der Waals surface area contributed by atoms with E-state index in [1.807, 2.05) is 6.07 Å². The van der Waals surface area contributed by atoms with Crippen molar-refractivity contribution in [2.75, 3.05) is 25.6 Å². The highest BCUT2D eigenvalue weighted by molar-refractivity contribution is 9.10. The lowest BCUT2D eigenvalue weighted by molar-refractivity contribution is 0.0935. The van der Waals surface area contributed by atoms with E-state index in [1.54, 1.807) is 49.6 Å². The minimum Gasteiger partial charge on any atom is -0.383 e. The third-order valence-corrected chi connectivity index (χ3v) is 4.22. The van der Waals surface area contributed by atoms with E-state index in [9.17, 15) is 9.59 Å². The maximum atomic E-state index is 12.2. The normalized spacial score (nSPS) is 10.1. The van der Waals surface area contributed by atoms with Crippen molar-refractivity contribution in [3.63, 3.8) is 0 Å². The second kappa shape index (κ2) is 10.0. The van der Waals surface area contributed by atoms with E-state index in [1.165, 1.54) is 0 Å². The number of ether oxygens (including phenoxy) is 1. The number of amides is 2. The highest BCUT2D eigenvalue weighted by atomic mass is 79.9. The van der Waals surface area contributed by atoms with Gasteiger partial charge in [-0.2, -0.15) is 0 Å². The van der Waals surface area contributed by atoms with Crippen molar-refractivity contribution >= 4 is 50.8 Å². The zero-order valence-corrected chi connectivity index (χ0v) is 16.4. The van der Waals surface area contributed by atoms with E-state index in [4.69, 9.17) is 17.0 Å². The number of thiocarbonyl (C=S) groups is 1. The van der Waals surface area contributed by atoms with Gasteiger partial charge in [0.05, 0.1) is 12.2 Å². The number of carbonyl (C=O) groups excluding carboxylic acids is 2. The van der Waals surface area contributed by atoms with Gasteiger partial charge >= 0.3 is 0 Å². The van der Waals surface area contributed by atoms with Crippen LogP contribution in [0, 0.1) is 0 Å². The molecule has 0 aliphatic heterocycles. The van der Waals surface area contributed by atoms with Crippen LogP contribution >= 0.6 is 28.1 Å². The highest BCUT2D eigenvalue weighted by Crippen LogP contribution is 2.16. The molecule has 0 saturated carbocycles. The molecule has 0 saturated heterocycles. The van der Waals surface area contributed by atoms with Gasteiger partial charge in [-0.25, -0.2) is 0 Å². The lowest BCUT2D eigenvalue weighted by Gasteiger charge is -2.11. The van der Waals surface area contributed by atoms with Crippen LogP contribution in [0.25, 0.3) is 0 Å². The van der Waals surface area contributed by atoms with Crippen LogP contribution in [-0.2, 0) is 4.74 Å². The van der Waals surface area contributed by atoms with Gasteiger partial charge in [0.2, 0.25) is 0 Å². The molecular weight excluding hydrogens is 418 g/mol. The van der Waals surface area contributed by atoms with Crippen molar-refractivity contribution in [2.24, 2.45) is 0 Å². The van der Waals surface area contributed by atoms with Gasteiger partial charge < -0.3 is 15.4 Å². The average Bonchev–Trinajstić information content (AvgIpc) is 2.62. The molecule has 0 atom stereocenters. The molecule has 136 valence electrons. The van der Waals surface area contributed by atoms with Crippen molar-refractivity contribution in [2.45, 2.75) is 0 Å². The maximum absolute atomic E-state index is 12.2. The van der Waals surface area contributed by atoms with Crippen molar-refractivity contribution in [3.05, 3.63) is 64.1 Å². The van der Waals surface area contributed by atoms with Crippen LogP contribution in [0.2, 0.25) is 0 Å². The summed E-state index contributed by atoms with van der Waals surface area (Å²) in [5, 5.41) is 8.40. The Morgan fingerprint density at radius 1 is 1.12 bits per heavy atom. The van der Waals surface area contributed by atoms with E-state index in [0.717, 1.165) is 0 Å². The Morgan fingerprint density at radius 2 is 1.88 bits per heavy atom. The van der Waals surface area contributed by atoms with Crippen LogP contribution in [0.1, 0.15) is 20.7 Å². The molecule has 2 rings (SSSR count). The fourth-order valence-corrected chi connectivity index (χ4v) is 2.76. The first-order valence-corrected chi connectivity index (χ1v) is 8.95. The van der Waals surface area contributed by atoms with Crippen molar-refractivity contribution in [1.82, 2.24) is 10.6 Å². The SMILES string of the molecule is COCCNC(=O)c1cccc(NC(=S)NC(=O)c2ccccc2Br)c1. The summed E-state index contributed by atoms with van der Waals surface area (Å²) in [5.74, 6) is -0.544. The fraction of sp³-hybridized carbons (Fsp3) is 0.167. The molecule has 0 heterocycles. The molecule has 0 unspecified atom stereocenters. The molecule has 6 nitrogen and oxygen atoms in total. The number of halogens is 1. The molecular formula is C18H18BrN3O3S. The standard InChI is InChI=1S/C18H18BrN3O3S/c1-25-10-9-20-16(23)12-5-4-6-13(11-12)21-18(26)22-17(24)14-7-2-3-8-15(14)19/h2-8,11H,9-10H2,1H3,(H,20,23)(H2,21,22,24,26). The van der Waals surface area contributed by atoms with Gasteiger partial charge in [0.15, 0.2) is 5.11 Å². The van der Waals surface area contributed by atoms with Crippen molar-refractivity contribution in [1.29, 1.82) is 0 Å². The summed E-state index contributed by atoms with van der Waals surface area (Å²) in [5.41, 5.74) is 1.55. The van der Waals surface area contributed by atoms with E-state index >= 15 is 0 Å². The Kier molecular flexibility index (Phi) is 7.71. The van der Waals surface area contributed by atoms with Gasteiger partial charge in [-0.3, -0.25) is 14.9 Å². The van der Waals surface area contributed by atoms with Crippen LogP contribution in [-0.4, -0.2) is 37.2 Å². The molecule has 2 aromatic carbocycles. The van der Waals surface area contributed by atoms with E-state index in [2.05, 4.69) is 31.9 Å². The van der Waals surface area contributed by atoms with Gasteiger partial charge in [0, 0.05) is 29.4 Å². The second-order valence-corrected chi connectivity index (χ2v) is 6.48. The zero-order chi connectivity index (χ0) is 18.9. The molecule has 0 fully saturated rings. The molecule has 0 aromatic heterocycles. The van der Waals surface area contributed by atoms with Crippen molar-refractivity contribution in [3.8, 4) is 0 Å².